The molecule has 2 nitrogen and oxygen atoms in total. The summed E-state index contributed by atoms with van der Waals surface area (Å²) in [5, 5.41) is 3.96. The van der Waals surface area contributed by atoms with Crippen molar-refractivity contribution < 1.29 is 2.74 Å². The lowest BCUT2D eigenvalue weighted by Crippen LogP contribution is -2.36. The van der Waals surface area contributed by atoms with Gasteiger partial charge >= 0.3 is 0 Å². The van der Waals surface area contributed by atoms with Gasteiger partial charge in [-0.15, -0.1) is 0 Å². The van der Waals surface area contributed by atoms with E-state index >= 15 is 0 Å². The number of nitrogens with zero attached hydrogens (tertiary/aromatic N) is 2. The summed E-state index contributed by atoms with van der Waals surface area (Å²) in [5.74, 6) is 0.0235. The largest absolute Gasteiger partial charge is 0.285 e. The Labute approximate surface area is 130 Å². The first-order valence-electron chi connectivity index (χ1n) is 8.92. The summed E-state index contributed by atoms with van der Waals surface area (Å²) in [4.78, 5) is 0. The Morgan fingerprint density at radius 2 is 1.38 bits per heavy atom. The predicted molar refractivity (Wildman–Crippen MR) is 90.6 cm³/mol. The summed E-state index contributed by atoms with van der Waals surface area (Å²) in [6.07, 6.45) is 3.10. The van der Waals surface area contributed by atoms with Gasteiger partial charge in [0.15, 0.2) is 0 Å². The molecular formula is C19H24N2. The molecule has 0 saturated carbocycles. The van der Waals surface area contributed by atoms with Crippen molar-refractivity contribution in [2.45, 2.75) is 26.2 Å². The Hall–Kier alpha value is -1.96. The Kier molecular flexibility index (Phi) is 3.70. The molecule has 2 unspecified atom stereocenters. The van der Waals surface area contributed by atoms with E-state index in [1.54, 1.807) is 0 Å². The number of hydrazine groups is 1. The van der Waals surface area contributed by atoms with E-state index in [2.05, 4.69) is 6.92 Å². The molecule has 2 atom stereocenters. The molecule has 0 radical (unpaired) electrons. The zero-order chi connectivity index (χ0) is 16.2. The van der Waals surface area contributed by atoms with E-state index in [9.17, 15) is 0 Å². The van der Waals surface area contributed by atoms with Crippen molar-refractivity contribution in [3.63, 3.8) is 0 Å². The van der Waals surface area contributed by atoms with Crippen LogP contribution in [0.1, 0.15) is 28.9 Å². The van der Waals surface area contributed by atoms with Gasteiger partial charge in [-0.05, 0) is 36.6 Å². The van der Waals surface area contributed by atoms with Gasteiger partial charge in [0.25, 0.3) is 0 Å². The fourth-order valence-electron chi connectivity index (χ4n) is 2.72. The zero-order valence-electron chi connectivity index (χ0n) is 14.5. The summed E-state index contributed by atoms with van der Waals surface area (Å²) in [6, 6.07) is 20.0. The highest BCUT2D eigenvalue weighted by Gasteiger charge is 2.30. The summed E-state index contributed by atoms with van der Waals surface area (Å²) in [6.45, 7) is 1.31. The van der Waals surface area contributed by atoms with Gasteiger partial charge in [-0.25, -0.2) is 0 Å². The molecule has 2 aromatic rings. The van der Waals surface area contributed by atoms with Gasteiger partial charge in [-0.2, -0.15) is 0 Å². The Balaban J connectivity index is 1.98. The van der Waals surface area contributed by atoms with Crippen LogP contribution in [0.15, 0.2) is 60.7 Å². The molecule has 2 aromatic carbocycles. The number of benzene rings is 2. The topological polar surface area (TPSA) is 6.48 Å². The predicted octanol–water partition coefficient (Wildman–Crippen LogP) is 4.73. The fraction of sp³-hybridized carbons (Fsp3) is 0.368. The molecule has 1 heterocycles. The molecule has 0 N–H and O–H groups in total. The second-order valence-electron chi connectivity index (χ2n) is 5.46. The van der Waals surface area contributed by atoms with Gasteiger partial charge < -0.3 is 0 Å². The first-order valence-corrected chi connectivity index (χ1v) is 7.77. The molecule has 2 heteroatoms. The monoisotopic (exact) mass is 282 g/mol. The van der Waals surface area contributed by atoms with Crippen LogP contribution in [-0.2, 0) is 0 Å². The van der Waals surface area contributed by atoms with Gasteiger partial charge in [0.1, 0.15) is 0 Å². The molecule has 110 valence electrons. The first-order chi connectivity index (χ1) is 11.2. The van der Waals surface area contributed by atoms with Crippen LogP contribution in [0.4, 0.5) is 11.4 Å². The lowest BCUT2D eigenvalue weighted by atomic mass is 10.0. The molecule has 0 aliphatic carbocycles. The second-order valence-corrected chi connectivity index (χ2v) is 5.46. The molecule has 21 heavy (non-hydrogen) atoms. The highest BCUT2D eigenvalue weighted by molar-refractivity contribution is 5.59. The SMILES string of the molecule is [2H]C1C(CCCC)C([2H])N(c2ccccc2)N1c1ccccc1. The number of para-hydroxylation sites is 2. The van der Waals surface area contributed by atoms with Gasteiger partial charge in [0, 0.05) is 13.0 Å². The molecule has 1 fully saturated rings. The third kappa shape index (κ3) is 3.21. The summed E-state index contributed by atoms with van der Waals surface area (Å²) >= 11 is 0. The minimum atomic E-state index is -0.424. The Morgan fingerprint density at radius 3 is 1.81 bits per heavy atom. The van der Waals surface area contributed by atoms with Crippen LogP contribution in [0.2, 0.25) is 0 Å². The van der Waals surface area contributed by atoms with Crippen LogP contribution in [0.5, 0.6) is 0 Å². The standard InChI is InChI=1S/C19H24N2/c1-2-3-10-17-15-20(18-11-6-4-7-12-18)21(16-17)19-13-8-5-9-14-19/h4-9,11-14,17H,2-3,10,15-16H2,1H3/i15D,16D. The summed E-state index contributed by atoms with van der Waals surface area (Å²) in [7, 11) is 0. The van der Waals surface area contributed by atoms with E-state index in [0.717, 1.165) is 30.6 Å². The number of anilines is 2. The van der Waals surface area contributed by atoms with Crippen LogP contribution >= 0.6 is 0 Å². The number of hydrogen-bond donors (Lipinski definition) is 0. The first kappa shape index (κ1) is 11.7. The fourth-order valence-corrected chi connectivity index (χ4v) is 2.72. The third-order valence-corrected chi connectivity index (χ3v) is 3.83. The molecule has 1 saturated heterocycles. The number of rotatable bonds is 5. The molecule has 0 amide bonds. The zero-order valence-corrected chi connectivity index (χ0v) is 12.5. The van der Waals surface area contributed by atoms with Crippen LogP contribution in [0.3, 0.4) is 0 Å². The van der Waals surface area contributed by atoms with Gasteiger partial charge in [-0.3, -0.25) is 10.0 Å². The molecule has 0 bridgehead atoms. The van der Waals surface area contributed by atoms with Crippen molar-refractivity contribution in [3.05, 3.63) is 60.7 Å². The molecule has 0 spiro atoms. The van der Waals surface area contributed by atoms with Crippen molar-refractivity contribution >= 4 is 11.4 Å². The van der Waals surface area contributed by atoms with Crippen molar-refractivity contribution in [2.24, 2.45) is 5.92 Å². The highest BCUT2D eigenvalue weighted by Crippen LogP contribution is 2.31. The summed E-state index contributed by atoms with van der Waals surface area (Å²) in [5.41, 5.74) is 1.96. The number of unbranched alkanes of at least 4 members (excludes halogenated alkanes) is 1. The van der Waals surface area contributed by atoms with Crippen LogP contribution in [-0.4, -0.2) is 13.0 Å². The Morgan fingerprint density at radius 1 is 0.905 bits per heavy atom. The smallest absolute Gasteiger partial charge is 0.0574 e. The van der Waals surface area contributed by atoms with Crippen molar-refractivity contribution in [1.29, 1.82) is 0 Å². The maximum absolute atomic E-state index is 8.74. The van der Waals surface area contributed by atoms with Crippen LogP contribution in [0.25, 0.3) is 0 Å². The maximum Gasteiger partial charge on any atom is 0.0574 e. The summed E-state index contributed by atoms with van der Waals surface area (Å²) < 4.78 is 17.5. The highest BCUT2D eigenvalue weighted by atomic mass is 15.6. The quantitative estimate of drug-likeness (QED) is 0.782. The lowest BCUT2D eigenvalue weighted by molar-refractivity contribution is 0.533. The Bertz CT molecular complexity index is 554. The third-order valence-electron chi connectivity index (χ3n) is 3.83. The normalized spacial score (nSPS) is 26.6. The van der Waals surface area contributed by atoms with Crippen molar-refractivity contribution in [1.82, 2.24) is 0 Å². The van der Waals surface area contributed by atoms with Gasteiger partial charge in [0.05, 0.1) is 14.1 Å². The minimum Gasteiger partial charge on any atom is -0.285 e. The van der Waals surface area contributed by atoms with E-state index in [4.69, 9.17) is 2.74 Å². The van der Waals surface area contributed by atoms with Crippen LogP contribution in [0, 0.1) is 5.92 Å². The van der Waals surface area contributed by atoms with E-state index in [1.165, 1.54) is 0 Å². The van der Waals surface area contributed by atoms with E-state index in [1.807, 2.05) is 70.7 Å². The van der Waals surface area contributed by atoms with E-state index in [-0.39, 0.29) is 5.92 Å². The van der Waals surface area contributed by atoms with Crippen molar-refractivity contribution in [3.8, 4) is 0 Å². The molecule has 1 aliphatic heterocycles. The van der Waals surface area contributed by atoms with Crippen LogP contribution < -0.4 is 10.0 Å². The average molecular weight is 282 g/mol. The molecule has 1 aliphatic rings. The second kappa shape index (κ2) is 6.66. The minimum absolute atomic E-state index is 0.0235. The average Bonchev–Trinajstić information content (AvgIpc) is 2.85. The van der Waals surface area contributed by atoms with Crippen molar-refractivity contribution in [2.75, 3.05) is 23.1 Å². The van der Waals surface area contributed by atoms with E-state index in [0.29, 0.717) is 0 Å². The van der Waals surface area contributed by atoms with Gasteiger partial charge in [0.2, 0.25) is 0 Å². The van der Waals surface area contributed by atoms with Gasteiger partial charge in [-0.1, -0.05) is 56.2 Å². The molecule has 0 aromatic heterocycles. The maximum atomic E-state index is 8.74. The lowest BCUT2D eigenvalue weighted by Gasteiger charge is -2.31. The van der Waals surface area contributed by atoms with E-state index < -0.39 is 13.0 Å². The molecular weight excluding hydrogens is 256 g/mol. The molecule has 3 rings (SSSR count). The number of hydrogen-bond acceptors (Lipinski definition) is 2.